The second kappa shape index (κ2) is 12.8. The van der Waals surface area contributed by atoms with Crippen molar-refractivity contribution in [1.82, 2.24) is 14.5 Å². The van der Waals surface area contributed by atoms with Crippen molar-refractivity contribution in [1.29, 1.82) is 0 Å². The summed E-state index contributed by atoms with van der Waals surface area (Å²) >= 11 is -3.49. The van der Waals surface area contributed by atoms with Gasteiger partial charge in [-0.1, -0.05) is 0 Å². The van der Waals surface area contributed by atoms with Crippen molar-refractivity contribution in [2.45, 2.75) is 0 Å². The van der Waals surface area contributed by atoms with Gasteiger partial charge in [0.05, 0.1) is 0 Å². The van der Waals surface area contributed by atoms with Crippen LogP contribution in [0.4, 0.5) is 0 Å². The average molecular weight is 700 g/mol. The second-order valence-electron chi connectivity index (χ2n) is 12.6. The second-order valence-corrected chi connectivity index (χ2v) is 20.6. The number of aromatic nitrogens is 3. The predicted molar refractivity (Wildman–Crippen MR) is 211 cm³/mol. The van der Waals surface area contributed by atoms with E-state index in [4.69, 9.17) is 9.97 Å². The third-order valence-electron chi connectivity index (χ3n) is 9.78. The number of hydrogen-bond donors (Lipinski definition) is 0. The van der Waals surface area contributed by atoms with Crippen LogP contribution >= 0.6 is 0 Å². The molecule has 9 aromatic rings. The minimum atomic E-state index is -3.49. The standard InChI is InChI=1S/C46H33GeN3/c1-5-18-34(19-6-1)42-33-43(49-46(48-42)50-44-30-15-13-28-40(44)41-29-14-16-31-45(41)50)35-20-17-27-39(32-35)47(36-21-7-2-8-22-36,37-23-9-3-10-24-37)38-25-11-4-12-26-38/h1-33H. The number of rotatable bonds is 7. The van der Waals surface area contributed by atoms with Crippen molar-refractivity contribution in [3.8, 4) is 28.5 Å². The fourth-order valence-electron chi connectivity index (χ4n) is 7.55. The van der Waals surface area contributed by atoms with Gasteiger partial charge in [0, 0.05) is 0 Å². The van der Waals surface area contributed by atoms with Gasteiger partial charge in [-0.2, -0.15) is 0 Å². The molecule has 9 rings (SSSR count). The van der Waals surface area contributed by atoms with Crippen molar-refractivity contribution < 1.29 is 0 Å². The van der Waals surface area contributed by atoms with Crippen molar-refractivity contribution in [2.75, 3.05) is 0 Å². The number of fused-ring (bicyclic) bond motifs is 3. The van der Waals surface area contributed by atoms with Crippen LogP contribution in [0, 0.1) is 0 Å². The van der Waals surface area contributed by atoms with Crippen LogP contribution in [0.2, 0.25) is 0 Å². The summed E-state index contributed by atoms with van der Waals surface area (Å²) < 4.78 is 7.73. The predicted octanol–water partition coefficient (Wildman–Crippen LogP) is 8.29. The molecule has 0 N–H and O–H groups in total. The number of hydrogen-bond acceptors (Lipinski definition) is 2. The van der Waals surface area contributed by atoms with E-state index in [2.05, 4.69) is 199 Å². The van der Waals surface area contributed by atoms with E-state index >= 15 is 0 Å². The molecule has 0 saturated heterocycles. The molecule has 7 aromatic carbocycles. The molecule has 0 amide bonds. The topological polar surface area (TPSA) is 30.7 Å². The molecule has 0 unspecified atom stereocenters. The number of nitrogens with zero attached hydrogens (tertiary/aromatic N) is 3. The van der Waals surface area contributed by atoms with Crippen LogP contribution in [0.3, 0.4) is 0 Å². The van der Waals surface area contributed by atoms with Gasteiger partial charge in [-0.25, -0.2) is 0 Å². The zero-order chi connectivity index (χ0) is 33.3. The first-order valence-corrected chi connectivity index (χ1v) is 21.2. The molecule has 0 spiro atoms. The summed E-state index contributed by atoms with van der Waals surface area (Å²) in [4.78, 5) is 10.6. The average Bonchev–Trinajstić information content (AvgIpc) is 3.54. The Bertz CT molecular complexity index is 2430. The maximum atomic E-state index is 5.39. The van der Waals surface area contributed by atoms with Crippen LogP contribution in [0.1, 0.15) is 0 Å². The Morgan fingerprint density at radius 2 is 0.740 bits per heavy atom. The molecule has 0 atom stereocenters. The normalized spacial score (nSPS) is 11.6. The Morgan fingerprint density at radius 3 is 1.26 bits per heavy atom. The molecule has 0 aliphatic heterocycles. The van der Waals surface area contributed by atoms with E-state index in [1.807, 2.05) is 6.07 Å². The first-order valence-electron chi connectivity index (χ1n) is 17.0. The Hall–Kier alpha value is -6.04. The molecule has 4 heteroatoms. The van der Waals surface area contributed by atoms with Crippen molar-refractivity contribution in [3.05, 3.63) is 200 Å². The fraction of sp³-hybridized carbons (Fsp3) is 0. The van der Waals surface area contributed by atoms with Crippen LogP contribution < -0.4 is 17.6 Å². The van der Waals surface area contributed by atoms with Gasteiger partial charge in [0.15, 0.2) is 0 Å². The molecular formula is C46H33GeN3. The molecule has 2 heterocycles. The Kier molecular flexibility index (Phi) is 7.68. The van der Waals surface area contributed by atoms with Gasteiger partial charge < -0.3 is 0 Å². The van der Waals surface area contributed by atoms with E-state index in [0.717, 1.165) is 33.5 Å². The van der Waals surface area contributed by atoms with Gasteiger partial charge in [-0.05, 0) is 0 Å². The van der Waals surface area contributed by atoms with Gasteiger partial charge in [-0.3, -0.25) is 0 Å². The molecule has 0 radical (unpaired) electrons. The molecule has 0 bridgehead atoms. The van der Waals surface area contributed by atoms with Crippen LogP contribution in [-0.2, 0) is 0 Å². The minimum absolute atomic E-state index is 0.658. The summed E-state index contributed by atoms with van der Waals surface area (Å²) in [7, 11) is 0. The summed E-state index contributed by atoms with van der Waals surface area (Å²) in [5.74, 6) is 0.658. The molecule has 50 heavy (non-hydrogen) atoms. The van der Waals surface area contributed by atoms with Gasteiger partial charge in [0.1, 0.15) is 0 Å². The fourth-order valence-corrected chi connectivity index (χ4v) is 17.6. The monoisotopic (exact) mass is 701 g/mol. The summed E-state index contributed by atoms with van der Waals surface area (Å²) in [6.07, 6.45) is 0. The van der Waals surface area contributed by atoms with E-state index in [9.17, 15) is 0 Å². The van der Waals surface area contributed by atoms with Gasteiger partial charge in [0.25, 0.3) is 0 Å². The summed E-state index contributed by atoms with van der Waals surface area (Å²) in [5, 5.41) is 2.37. The van der Waals surface area contributed by atoms with Gasteiger partial charge in [0.2, 0.25) is 0 Å². The molecule has 2 aromatic heterocycles. The summed E-state index contributed by atoms with van der Waals surface area (Å²) in [6, 6.07) is 72.2. The van der Waals surface area contributed by atoms with E-state index in [1.54, 1.807) is 0 Å². The van der Waals surface area contributed by atoms with Crippen LogP contribution in [-0.4, -0.2) is 27.8 Å². The Morgan fingerprint density at radius 1 is 0.340 bits per heavy atom. The van der Waals surface area contributed by atoms with E-state index < -0.39 is 13.3 Å². The third-order valence-corrected chi connectivity index (χ3v) is 19.8. The molecular weight excluding hydrogens is 667 g/mol. The number of para-hydroxylation sites is 2. The molecule has 0 fully saturated rings. The quantitative estimate of drug-likeness (QED) is 0.157. The first kappa shape index (κ1) is 30.1. The van der Waals surface area contributed by atoms with Crippen molar-refractivity contribution in [2.24, 2.45) is 0 Å². The van der Waals surface area contributed by atoms with Gasteiger partial charge in [-0.15, -0.1) is 0 Å². The Balaban J connectivity index is 1.32. The van der Waals surface area contributed by atoms with Crippen LogP contribution in [0.25, 0.3) is 50.3 Å². The van der Waals surface area contributed by atoms with E-state index in [-0.39, 0.29) is 0 Å². The zero-order valence-corrected chi connectivity index (χ0v) is 29.5. The number of benzene rings is 7. The third kappa shape index (κ3) is 5.06. The molecule has 0 saturated carbocycles. The first-order chi connectivity index (χ1) is 24.8. The Labute approximate surface area is 294 Å². The molecule has 0 aliphatic carbocycles. The van der Waals surface area contributed by atoms with E-state index in [0.29, 0.717) is 5.95 Å². The van der Waals surface area contributed by atoms with E-state index in [1.165, 1.54) is 28.4 Å². The van der Waals surface area contributed by atoms with Crippen molar-refractivity contribution in [3.63, 3.8) is 0 Å². The summed E-state index contributed by atoms with van der Waals surface area (Å²) in [6.45, 7) is 0. The van der Waals surface area contributed by atoms with Crippen molar-refractivity contribution >= 4 is 52.7 Å². The zero-order valence-electron chi connectivity index (χ0n) is 27.4. The van der Waals surface area contributed by atoms with Crippen LogP contribution in [0.5, 0.6) is 0 Å². The molecule has 0 aliphatic rings. The SMILES string of the molecule is c1ccc(-c2cc(-c3ccc[c]([Ge]([c]4ccccc4)([c]4ccccc4)[c]4ccccc4)c3)nc(-n3c4ccccc4c4ccccc43)n2)cc1. The van der Waals surface area contributed by atoms with Gasteiger partial charge >= 0.3 is 296 Å². The molecule has 236 valence electrons. The summed E-state index contributed by atoms with van der Waals surface area (Å²) in [5.41, 5.74) is 6.08. The maximum absolute atomic E-state index is 5.39. The molecule has 3 nitrogen and oxygen atoms in total. The van der Waals surface area contributed by atoms with Crippen LogP contribution in [0.15, 0.2) is 200 Å².